The van der Waals surface area contributed by atoms with Crippen LogP contribution < -0.4 is 11.3 Å². The topological polar surface area (TPSA) is 47.3 Å². The molecule has 0 aliphatic carbocycles. The van der Waals surface area contributed by atoms with E-state index in [1.165, 1.54) is 0 Å². The van der Waals surface area contributed by atoms with Crippen molar-refractivity contribution in [3.8, 4) is 0 Å². The average molecular weight is 268 g/mol. The SMILES string of the molecule is CCC(CC)(OC)C(NN)c1c(C)cc(C)cc1F. The van der Waals surface area contributed by atoms with Gasteiger partial charge in [-0.15, -0.1) is 0 Å². The maximum Gasteiger partial charge on any atom is 0.128 e. The van der Waals surface area contributed by atoms with Gasteiger partial charge in [0.15, 0.2) is 0 Å². The number of aryl methyl sites for hydroxylation is 2. The molecule has 1 unspecified atom stereocenters. The summed E-state index contributed by atoms with van der Waals surface area (Å²) >= 11 is 0. The number of rotatable bonds is 6. The summed E-state index contributed by atoms with van der Waals surface area (Å²) in [6, 6.07) is 3.14. The van der Waals surface area contributed by atoms with Crippen LogP contribution in [0.3, 0.4) is 0 Å². The summed E-state index contributed by atoms with van der Waals surface area (Å²) in [4.78, 5) is 0. The molecule has 0 aromatic heterocycles. The number of hydrogen-bond acceptors (Lipinski definition) is 3. The largest absolute Gasteiger partial charge is 0.376 e. The first kappa shape index (κ1) is 16.1. The second-order valence-corrected chi connectivity index (χ2v) is 5.05. The lowest BCUT2D eigenvalue weighted by Crippen LogP contribution is -2.48. The predicted molar refractivity (Wildman–Crippen MR) is 76.3 cm³/mol. The number of benzene rings is 1. The Morgan fingerprint density at radius 1 is 1.32 bits per heavy atom. The van der Waals surface area contributed by atoms with Gasteiger partial charge in [0, 0.05) is 12.7 Å². The van der Waals surface area contributed by atoms with Gasteiger partial charge in [-0.2, -0.15) is 0 Å². The third-order valence-corrected chi connectivity index (χ3v) is 4.07. The predicted octanol–water partition coefficient (Wildman–Crippen LogP) is 3.15. The summed E-state index contributed by atoms with van der Waals surface area (Å²) in [5.41, 5.74) is 4.64. The lowest BCUT2D eigenvalue weighted by molar-refractivity contribution is -0.0496. The Morgan fingerprint density at radius 3 is 2.26 bits per heavy atom. The minimum atomic E-state index is -0.504. The summed E-state index contributed by atoms with van der Waals surface area (Å²) in [6.07, 6.45) is 1.50. The molecule has 19 heavy (non-hydrogen) atoms. The third-order valence-electron chi connectivity index (χ3n) is 4.07. The number of halogens is 1. The highest BCUT2D eigenvalue weighted by atomic mass is 19.1. The highest BCUT2D eigenvalue weighted by molar-refractivity contribution is 5.36. The van der Waals surface area contributed by atoms with Crippen LogP contribution in [-0.4, -0.2) is 12.7 Å². The van der Waals surface area contributed by atoms with Gasteiger partial charge >= 0.3 is 0 Å². The fourth-order valence-corrected chi connectivity index (χ4v) is 2.86. The van der Waals surface area contributed by atoms with Gasteiger partial charge in [-0.1, -0.05) is 19.9 Å². The smallest absolute Gasteiger partial charge is 0.128 e. The van der Waals surface area contributed by atoms with Crippen molar-refractivity contribution in [1.82, 2.24) is 5.43 Å². The molecular formula is C15H25FN2O. The van der Waals surface area contributed by atoms with Crippen LogP contribution in [0.4, 0.5) is 4.39 Å². The Bertz CT molecular complexity index is 399. The van der Waals surface area contributed by atoms with Crippen molar-refractivity contribution in [1.29, 1.82) is 0 Å². The lowest BCUT2D eigenvalue weighted by atomic mass is 9.82. The molecular weight excluding hydrogens is 243 g/mol. The van der Waals surface area contributed by atoms with Crippen LogP contribution in [0.2, 0.25) is 0 Å². The zero-order valence-corrected chi connectivity index (χ0v) is 12.5. The van der Waals surface area contributed by atoms with Crippen molar-refractivity contribution < 1.29 is 9.13 Å². The van der Waals surface area contributed by atoms with Crippen LogP contribution in [0.1, 0.15) is 49.4 Å². The molecule has 0 amide bonds. The van der Waals surface area contributed by atoms with Gasteiger partial charge in [-0.3, -0.25) is 5.84 Å². The van der Waals surface area contributed by atoms with E-state index in [9.17, 15) is 4.39 Å². The number of nitrogens with two attached hydrogens (primary N) is 1. The molecule has 0 fully saturated rings. The summed E-state index contributed by atoms with van der Waals surface area (Å²) in [7, 11) is 1.65. The molecule has 1 aromatic rings. The zero-order chi connectivity index (χ0) is 14.6. The fraction of sp³-hybridized carbons (Fsp3) is 0.600. The van der Waals surface area contributed by atoms with E-state index in [1.807, 2.05) is 33.8 Å². The molecule has 0 saturated carbocycles. The molecule has 0 aliphatic heterocycles. The van der Waals surface area contributed by atoms with Crippen LogP contribution in [0, 0.1) is 19.7 Å². The van der Waals surface area contributed by atoms with Gasteiger partial charge in [-0.25, -0.2) is 9.82 Å². The molecule has 0 spiro atoms. The van der Waals surface area contributed by atoms with E-state index in [-0.39, 0.29) is 11.9 Å². The molecule has 3 N–H and O–H groups in total. The Balaban J connectivity index is 3.38. The van der Waals surface area contributed by atoms with Crippen LogP contribution in [0.15, 0.2) is 12.1 Å². The van der Waals surface area contributed by atoms with Crippen molar-refractivity contribution in [2.24, 2.45) is 5.84 Å². The minimum absolute atomic E-state index is 0.233. The highest BCUT2D eigenvalue weighted by Crippen LogP contribution is 2.37. The average Bonchev–Trinajstić information content (AvgIpc) is 2.37. The molecule has 4 heteroatoms. The van der Waals surface area contributed by atoms with E-state index < -0.39 is 5.60 Å². The van der Waals surface area contributed by atoms with Crippen molar-refractivity contribution in [3.05, 3.63) is 34.6 Å². The fourth-order valence-electron chi connectivity index (χ4n) is 2.86. The molecule has 0 aliphatic rings. The normalized spacial score (nSPS) is 13.6. The van der Waals surface area contributed by atoms with Gasteiger partial charge in [0.1, 0.15) is 5.82 Å². The van der Waals surface area contributed by atoms with Crippen molar-refractivity contribution in [2.45, 2.75) is 52.2 Å². The van der Waals surface area contributed by atoms with Crippen molar-refractivity contribution in [3.63, 3.8) is 0 Å². The molecule has 0 bridgehead atoms. The van der Waals surface area contributed by atoms with Gasteiger partial charge in [0.25, 0.3) is 0 Å². The Morgan fingerprint density at radius 2 is 1.89 bits per heavy atom. The monoisotopic (exact) mass is 268 g/mol. The summed E-state index contributed by atoms with van der Waals surface area (Å²) in [5.74, 6) is 5.46. The third kappa shape index (κ3) is 2.96. The Kier molecular flexibility index (Phi) is 5.47. The van der Waals surface area contributed by atoms with Crippen LogP contribution in [0.5, 0.6) is 0 Å². The summed E-state index contributed by atoms with van der Waals surface area (Å²) in [5, 5.41) is 0. The minimum Gasteiger partial charge on any atom is -0.376 e. The first-order valence-corrected chi connectivity index (χ1v) is 6.73. The standard InChI is InChI=1S/C15H25FN2O/c1-6-15(7-2,19-5)14(18-17)13-11(4)8-10(3)9-12(13)16/h8-9,14,18H,6-7,17H2,1-5H3. The number of nitrogens with one attached hydrogen (secondary N) is 1. The Hall–Kier alpha value is -0.970. The first-order valence-electron chi connectivity index (χ1n) is 6.73. The van der Waals surface area contributed by atoms with E-state index in [4.69, 9.17) is 10.6 Å². The molecule has 3 nitrogen and oxygen atoms in total. The molecule has 0 saturated heterocycles. The van der Waals surface area contributed by atoms with Crippen LogP contribution in [-0.2, 0) is 4.74 Å². The van der Waals surface area contributed by atoms with Gasteiger partial charge < -0.3 is 4.74 Å². The summed E-state index contributed by atoms with van der Waals surface area (Å²) < 4.78 is 20.0. The van der Waals surface area contributed by atoms with Crippen LogP contribution in [0.25, 0.3) is 0 Å². The van der Waals surface area contributed by atoms with E-state index in [0.717, 1.165) is 24.0 Å². The number of methoxy groups -OCH3 is 1. The summed E-state index contributed by atoms with van der Waals surface area (Å²) in [6.45, 7) is 7.84. The molecule has 0 radical (unpaired) electrons. The van der Waals surface area contributed by atoms with Gasteiger partial charge in [-0.05, 0) is 43.9 Å². The molecule has 1 atom stereocenters. The van der Waals surface area contributed by atoms with Crippen LogP contribution >= 0.6 is 0 Å². The second kappa shape index (κ2) is 6.46. The number of hydrogen-bond donors (Lipinski definition) is 2. The number of hydrazine groups is 1. The van der Waals surface area contributed by atoms with Crippen molar-refractivity contribution in [2.75, 3.05) is 7.11 Å². The molecule has 0 heterocycles. The van der Waals surface area contributed by atoms with Crippen molar-refractivity contribution >= 4 is 0 Å². The van der Waals surface area contributed by atoms with E-state index in [2.05, 4.69) is 5.43 Å². The quantitative estimate of drug-likeness (QED) is 0.615. The van der Waals surface area contributed by atoms with E-state index in [1.54, 1.807) is 13.2 Å². The molecule has 1 rings (SSSR count). The zero-order valence-electron chi connectivity index (χ0n) is 12.5. The second-order valence-electron chi connectivity index (χ2n) is 5.05. The van der Waals surface area contributed by atoms with E-state index >= 15 is 0 Å². The molecule has 1 aromatic carbocycles. The first-order chi connectivity index (χ1) is 8.95. The highest BCUT2D eigenvalue weighted by Gasteiger charge is 2.38. The maximum absolute atomic E-state index is 14.3. The van der Waals surface area contributed by atoms with Gasteiger partial charge in [0.05, 0.1) is 11.6 Å². The Labute approximate surface area is 115 Å². The number of ether oxygens (including phenoxy) is 1. The van der Waals surface area contributed by atoms with E-state index in [0.29, 0.717) is 5.56 Å². The maximum atomic E-state index is 14.3. The lowest BCUT2D eigenvalue weighted by Gasteiger charge is -2.39. The van der Waals surface area contributed by atoms with Gasteiger partial charge in [0.2, 0.25) is 0 Å². The molecule has 108 valence electrons.